The van der Waals surface area contributed by atoms with E-state index < -0.39 is 6.04 Å². The fraction of sp³-hybridized carbons (Fsp3) is 0.250. The molecule has 2 heterocycles. The van der Waals surface area contributed by atoms with Gasteiger partial charge in [0.1, 0.15) is 11.9 Å². The normalized spacial score (nSPS) is 18.0. The Kier molecular flexibility index (Phi) is 5.55. The van der Waals surface area contributed by atoms with Gasteiger partial charge >= 0.3 is 0 Å². The minimum absolute atomic E-state index is 0.0264. The SMILES string of the molecule is CC(C)[C@H]1C(=O)N(Cc2ccccc2)[C@@H](Cc2ccccc2)c2nc3ccccc3c(=O)n21. The van der Waals surface area contributed by atoms with Gasteiger partial charge < -0.3 is 4.90 Å². The van der Waals surface area contributed by atoms with Crippen LogP contribution in [-0.2, 0) is 17.8 Å². The summed E-state index contributed by atoms with van der Waals surface area (Å²) < 4.78 is 1.67. The number of hydrogen-bond acceptors (Lipinski definition) is 3. The van der Waals surface area contributed by atoms with E-state index in [1.54, 1.807) is 10.6 Å². The van der Waals surface area contributed by atoms with Crippen LogP contribution in [0.1, 0.15) is 42.9 Å². The zero-order valence-corrected chi connectivity index (χ0v) is 18.9. The Morgan fingerprint density at radius 2 is 1.42 bits per heavy atom. The van der Waals surface area contributed by atoms with Crippen LogP contribution in [0.15, 0.2) is 89.7 Å². The van der Waals surface area contributed by atoms with Gasteiger partial charge in [-0.2, -0.15) is 0 Å². The van der Waals surface area contributed by atoms with Crippen molar-refractivity contribution >= 4 is 16.8 Å². The average Bonchev–Trinajstić information content (AvgIpc) is 2.83. The standard InChI is InChI=1S/C28H27N3O2/c1-19(2)25-28(33)30(18-21-13-7-4-8-14-21)24(17-20-11-5-3-6-12-20)26-29-23-16-10-9-15-22(23)27(32)31(25)26/h3-16,19,24-25H,17-18H2,1-2H3/t24-,25-/m0/s1. The molecule has 1 aliphatic heterocycles. The minimum atomic E-state index is -0.583. The molecule has 5 heteroatoms. The summed E-state index contributed by atoms with van der Waals surface area (Å²) in [6.45, 7) is 4.46. The van der Waals surface area contributed by atoms with Gasteiger partial charge in [-0.1, -0.05) is 86.6 Å². The maximum absolute atomic E-state index is 14.0. The molecule has 5 nitrogen and oxygen atoms in total. The Morgan fingerprint density at radius 1 is 0.818 bits per heavy atom. The van der Waals surface area contributed by atoms with Gasteiger partial charge in [0.2, 0.25) is 5.91 Å². The maximum atomic E-state index is 14.0. The lowest BCUT2D eigenvalue weighted by molar-refractivity contribution is -0.142. The summed E-state index contributed by atoms with van der Waals surface area (Å²) in [6, 6.07) is 26.6. The third-order valence-electron chi connectivity index (χ3n) is 6.42. The van der Waals surface area contributed by atoms with E-state index in [-0.39, 0.29) is 23.4 Å². The molecule has 166 valence electrons. The van der Waals surface area contributed by atoms with Crippen LogP contribution in [0.4, 0.5) is 0 Å². The smallest absolute Gasteiger partial charge is 0.262 e. The molecule has 1 amide bonds. The zero-order valence-electron chi connectivity index (χ0n) is 18.9. The molecule has 3 aromatic carbocycles. The van der Waals surface area contributed by atoms with Gasteiger partial charge in [-0.3, -0.25) is 14.2 Å². The van der Waals surface area contributed by atoms with Gasteiger partial charge in [0.05, 0.1) is 16.9 Å². The van der Waals surface area contributed by atoms with Gasteiger partial charge in [0.25, 0.3) is 5.56 Å². The summed E-state index contributed by atoms with van der Waals surface area (Å²) in [4.78, 5) is 34.5. The van der Waals surface area contributed by atoms with Crippen LogP contribution in [0.25, 0.3) is 10.9 Å². The molecule has 0 N–H and O–H groups in total. The third-order valence-corrected chi connectivity index (χ3v) is 6.42. The lowest BCUT2D eigenvalue weighted by Gasteiger charge is -2.42. The Bertz CT molecular complexity index is 1350. The summed E-state index contributed by atoms with van der Waals surface area (Å²) in [5.74, 6) is 0.589. The van der Waals surface area contributed by atoms with E-state index in [9.17, 15) is 9.59 Å². The van der Waals surface area contributed by atoms with Crippen molar-refractivity contribution < 1.29 is 4.79 Å². The highest BCUT2D eigenvalue weighted by Crippen LogP contribution is 2.37. The summed E-state index contributed by atoms with van der Waals surface area (Å²) in [5, 5.41) is 0.551. The van der Waals surface area contributed by atoms with E-state index in [0.717, 1.165) is 11.1 Å². The molecule has 4 aromatic rings. The van der Waals surface area contributed by atoms with Crippen LogP contribution in [0.5, 0.6) is 0 Å². The number of carbonyl (C=O) groups excluding carboxylic acids is 1. The molecule has 0 spiro atoms. The topological polar surface area (TPSA) is 55.2 Å². The Hall–Kier alpha value is -3.73. The van der Waals surface area contributed by atoms with Crippen molar-refractivity contribution in [2.24, 2.45) is 5.92 Å². The number of hydrogen-bond donors (Lipinski definition) is 0. The first kappa shape index (κ1) is 21.1. The molecule has 0 radical (unpaired) electrons. The summed E-state index contributed by atoms with van der Waals surface area (Å²) in [5.41, 5.74) is 2.69. The quantitative estimate of drug-likeness (QED) is 0.445. The molecule has 33 heavy (non-hydrogen) atoms. The number of rotatable bonds is 5. The molecule has 0 aliphatic carbocycles. The van der Waals surface area contributed by atoms with Crippen LogP contribution in [0.3, 0.4) is 0 Å². The molecule has 0 saturated carbocycles. The predicted octanol–water partition coefficient (Wildman–Crippen LogP) is 4.92. The molecule has 1 aromatic heterocycles. The molecule has 0 bridgehead atoms. The fourth-order valence-electron chi connectivity index (χ4n) is 4.83. The Labute approximate surface area is 193 Å². The number of amides is 1. The molecule has 0 unspecified atom stereocenters. The Balaban J connectivity index is 1.73. The van der Waals surface area contributed by atoms with Crippen molar-refractivity contribution in [1.82, 2.24) is 14.5 Å². The van der Waals surface area contributed by atoms with E-state index in [4.69, 9.17) is 4.98 Å². The number of para-hydroxylation sites is 1. The van der Waals surface area contributed by atoms with Gasteiger partial charge in [-0.25, -0.2) is 4.98 Å². The summed E-state index contributed by atoms with van der Waals surface area (Å²) in [7, 11) is 0. The second-order valence-corrected chi connectivity index (χ2v) is 9.01. The third kappa shape index (κ3) is 3.84. The van der Waals surface area contributed by atoms with Crippen molar-refractivity contribution in [2.75, 3.05) is 0 Å². The van der Waals surface area contributed by atoms with E-state index in [0.29, 0.717) is 29.7 Å². The van der Waals surface area contributed by atoms with Gasteiger partial charge in [0.15, 0.2) is 0 Å². The lowest BCUT2D eigenvalue weighted by atomic mass is 9.93. The van der Waals surface area contributed by atoms with Gasteiger partial charge in [0, 0.05) is 13.0 Å². The molecular formula is C28H27N3O2. The Morgan fingerprint density at radius 3 is 2.09 bits per heavy atom. The average molecular weight is 438 g/mol. The van der Waals surface area contributed by atoms with Crippen LogP contribution >= 0.6 is 0 Å². The second kappa shape index (κ2) is 8.66. The first-order chi connectivity index (χ1) is 16.0. The van der Waals surface area contributed by atoms with E-state index in [2.05, 4.69) is 12.1 Å². The van der Waals surface area contributed by atoms with Crippen molar-refractivity contribution in [3.8, 4) is 0 Å². The van der Waals surface area contributed by atoms with Crippen LogP contribution in [0, 0.1) is 5.92 Å². The largest absolute Gasteiger partial charge is 0.326 e. The molecule has 0 saturated heterocycles. The first-order valence-electron chi connectivity index (χ1n) is 11.4. The van der Waals surface area contributed by atoms with Crippen molar-refractivity contribution in [2.45, 2.75) is 38.9 Å². The number of benzene rings is 3. The van der Waals surface area contributed by atoms with Crippen molar-refractivity contribution in [3.63, 3.8) is 0 Å². The lowest BCUT2D eigenvalue weighted by Crippen LogP contribution is -2.51. The number of nitrogens with zero attached hydrogens (tertiary/aromatic N) is 3. The molecular weight excluding hydrogens is 410 g/mol. The predicted molar refractivity (Wildman–Crippen MR) is 130 cm³/mol. The van der Waals surface area contributed by atoms with Crippen LogP contribution in [-0.4, -0.2) is 20.4 Å². The van der Waals surface area contributed by atoms with Crippen molar-refractivity contribution in [3.05, 3.63) is 112 Å². The minimum Gasteiger partial charge on any atom is -0.326 e. The van der Waals surface area contributed by atoms with Gasteiger partial charge in [-0.15, -0.1) is 0 Å². The summed E-state index contributed by atoms with van der Waals surface area (Å²) >= 11 is 0. The molecule has 2 atom stereocenters. The first-order valence-corrected chi connectivity index (χ1v) is 11.4. The maximum Gasteiger partial charge on any atom is 0.262 e. The number of fused-ring (bicyclic) bond motifs is 2. The fourth-order valence-corrected chi connectivity index (χ4v) is 4.83. The van der Waals surface area contributed by atoms with E-state index >= 15 is 0 Å². The van der Waals surface area contributed by atoms with E-state index in [1.807, 2.05) is 85.5 Å². The monoisotopic (exact) mass is 437 g/mol. The highest BCUT2D eigenvalue weighted by Gasteiger charge is 2.42. The van der Waals surface area contributed by atoms with Crippen LogP contribution < -0.4 is 5.56 Å². The molecule has 1 aliphatic rings. The molecule has 0 fully saturated rings. The van der Waals surface area contributed by atoms with Crippen LogP contribution in [0.2, 0.25) is 0 Å². The van der Waals surface area contributed by atoms with Gasteiger partial charge in [-0.05, 0) is 29.2 Å². The van der Waals surface area contributed by atoms with Crippen molar-refractivity contribution in [1.29, 1.82) is 0 Å². The number of carbonyl (C=O) groups is 1. The number of aromatic nitrogens is 2. The highest BCUT2D eigenvalue weighted by atomic mass is 16.2. The highest BCUT2D eigenvalue weighted by molar-refractivity contribution is 5.84. The van der Waals surface area contributed by atoms with E-state index in [1.165, 1.54) is 0 Å². The molecule has 5 rings (SSSR count). The second-order valence-electron chi connectivity index (χ2n) is 9.01. The zero-order chi connectivity index (χ0) is 22.9. The summed E-state index contributed by atoms with van der Waals surface area (Å²) in [6.07, 6.45) is 0.592.